The van der Waals surface area contributed by atoms with Crippen LogP contribution in [0.1, 0.15) is 23.1 Å². The van der Waals surface area contributed by atoms with Gasteiger partial charge in [-0.25, -0.2) is 0 Å². The Kier molecular flexibility index (Phi) is 4.22. The lowest BCUT2D eigenvalue weighted by molar-refractivity contribution is 0.461. The Bertz CT molecular complexity index is 591. The van der Waals surface area contributed by atoms with E-state index in [1.165, 1.54) is 34.0 Å². The largest absolute Gasteiger partial charge is 0.313 e. The normalized spacial score (nSPS) is 18.0. The lowest BCUT2D eigenvalue weighted by Crippen LogP contribution is -2.35. The SMILES string of the molecule is Cn1cc(CCNC2CCc3cc(Br)ccc3C2)cn1. The number of rotatable bonds is 4. The number of fused-ring (bicyclic) bond motifs is 1. The molecule has 106 valence electrons. The van der Waals surface area contributed by atoms with Gasteiger partial charge in [0.05, 0.1) is 6.20 Å². The summed E-state index contributed by atoms with van der Waals surface area (Å²) >= 11 is 3.55. The molecule has 1 atom stereocenters. The van der Waals surface area contributed by atoms with Gasteiger partial charge in [-0.1, -0.05) is 22.0 Å². The Labute approximate surface area is 128 Å². The van der Waals surface area contributed by atoms with Crippen LogP contribution in [0, 0.1) is 0 Å². The number of benzene rings is 1. The highest BCUT2D eigenvalue weighted by atomic mass is 79.9. The van der Waals surface area contributed by atoms with Crippen molar-refractivity contribution < 1.29 is 0 Å². The molecule has 3 rings (SSSR count). The van der Waals surface area contributed by atoms with Gasteiger partial charge in [0.15, 0.2) is 0 Å². The van der Waals surface area contributed by atoms with Crippen LogP contribution in [0.15, 0.2) is 35.1 Å². The second-order valence-electron chi connectivity index (χ2n) is 5.58. The average Bonchev–Trinajstić information content (AvgIpc) is 2.85. The molecule has 0 spiro atoms. The molecular formula is C16H20BrN3. The fraction of sp³-hybridized carbons (Fsp3) is 0.438. The first kappa shape index (κ1) is 13.8. The molecular weight excluding hydrogens is 314 g/mol. The van der Waals surface area contributed by atoms with Crippen LogP contribution in [0.4, 0.5) is 0 Å². The summed E-state index contributed by atoms with van der Waals surface area (Å²) in [6.07, 6.45) is 8.66. The molecule has 1 aliphatic rings. The monoisotopic (exact) mass is 333 g/mol. The summed E-state index contributed by atoms with van der Waals surface area (Å²) in [7, 11) is 1.97. The van der Waals surface area contributed by atoms with E-state index in [0.717, 1.165) is 19.4 Å². The molecule has 1 aromatic heterocycles. The highest BCUT2D eigenvalue weighted by Crippen LogP contribution is 2.24. The van der Waals surface area contributed by atoms with Crippen LogP contribution in [0.5, 0.6) is 0 Å². The third kappa shape index (κ3) is 3.30. The molecule has 20 heavy (non-hydrogen) atoms. The third-order valence-corrected chi connectivity index (χ3v) is 4.50. The maximum atomic E-state index is 4.20. The Morgan fingerprint density at radius 1 is 1.40 bits per heavy atom. The van der Waals surface area contributed by atoms with Crippen molar-refractivity contribution in [2.75, 3.05) is 6.54 Å². The van der Waals surface area contributed by atoms with E-state index in [0.29, 0.717) is 6.04 Å². The summed E-state index contributed by atoms with van der Waals surface area (Å²) in [5, 5.41) is 7.89. The van der Waals surface area contributed by atoms with E-state index in [-0.39, 0.29) is 0 Å². The number of nitrogens with zero attached hydrogens (tertiary/aromatic N) is 2. The van der Waals surface area contributed by atoms with Gasteiger partial charge in [0.2, 0.25) is 0 Å². The fourth-order valence-corrected chi connectivity index (χ4v) is 3.33. The van der Waals surface area contributed by atoms with Gasteiger partial charge in [0.25, 0.3) is 0 Å². The van der Waals surface area contributed by atoms with E-state index in [2.05, 4.69) is 50.7 Å². The Morgan fingerprint density at radius 3 is 3.10 bits per heavy atom. The number of halogens is 1. The molecule has 0 fully saturated rings. The second kappa shape index (κ2) is 6.10. The summed E-state index contributed by atoms with van der Waals surface area (Å²) in [6, 6.07) is 7.28. The zero-order chi connectivity index (χ0) is 13.9. The van der Waals surface area contributed by atoms with Gasteiger partial charge in [-0.15, -0.1) is 0 Å². The number of hydrogen-bond donors (Lipinski definition) is 1. The molecule has 0 aliphatic heterocycles. The summed E-state index contributed by atoms with van der Waals surface area (Å²) in [4.78, 5) is 0. The molecule has 3 nitrogen and oxygen atoms in total. The number of hydrogen-bond acceptors (Lipinski definition) is 2. The minimum absolute atomic E-state index is 0.611. The highest BCUT2D eigenvalue weighted by Gasteiger charge is 2.18. The lowest BCUT2D eigenvalue weighted by Gasteiger charge is -2.25. The minimum atomic E-state index is 0.611. The van der Waals surface area contributed by atoms with Crippen molar-refractivity contribution in [1.29, 1.82) is 0 Å². The van der Waals surface area contributed by atoms with Gasteiger partial charge in [-0.3, -0.25) is 4.68 Å². The summed E-state index contributed by atoms with van der Waals surface area (Å²) in [5.41, 5.74) is 4.31. The predicted molar refractivity (Wildman–Crippen MR) is 84.9 cm³/mol. The topological polar surface area (TPSA) is 29.9 Å². The van der Waals surface area contributed by atoms with Gasteiger partial charge < -0.3 is 5.32 Å². The molecule has 0 saturated carbocycles. The van der Waals surface area contributed by atoms with Gasteiger partial charge >= 0.3 is 0 Å². The molecule has 4 heteroatoms. The van der Waals surface area contributed by atoms with E-state index in [4.69, 9.17) is 0 Å². The standard InChI is InChI=1S/C16H20BrN3/c1-20-11-12(10-19-20)6-7-18-16-5-3-13-8-15(17)4-2-14(13)9-16/h2,4,8,10-11,16,18H,3,5-7,9H2,1H3. The van der Waals surface area contributed by atoms with Crippen LogP contribution >= 0.6 is 15.9 Å². The highest BCUT2D eigenvalue weighted by molar-refractivity contribution is 9.10. The van der Waals surface area contributed by atoms with Crippen LogP contribution in [-0.2, 0) is 26.3 Å². The molecule has 2 aromatic rings. The summed E-state index contributed by atoms with van der Waals surface area (Å²) in [6.45, 7) is 1.03. The van der Waals surface area contributed by atoms with Crippen LogP contribution < -0.4 is 5.32 Å². The quantitative estimate of drug-likeness (QED) is 0.932. The first-order valence-corrected chi connectivity index (χ1v) is 7.98. The molecule has 0 radical (unpaired) electrons. The molecule has 0 amide bonds. The predicted octanol–water partition coefficient (Wildman–Crippen LogP) is 2.87. The van der Waals surface area contributed by atoms with Crippen LogP contribution in [0.25, 0.3) is 0 Å². The van der Waals surface area contributed by atoms with Gasteiger partial charge in [0, 0.05) is 23.8 Å². The lowest BCUT2D eigenvalue weighted by atomic mass is 9.88. The van der Waals surface area contributed by atoms with Crippen molar-refractivity contribution in [2.24, 2.45) is 7.05 Å². The maximum absolute atomic E-state index is 4.20. The number of nitrogens with one attached hydrogen (secondary N) is 1. The zero-order valence-electron chi connectivity index (χ0n) is 11.8. The van der Waals surface area contributed by atoms with Crippen molar-refractivity contribution in [3.8, 4) is 0 Å². The summed E-state index contributed by atoms with van der Waals surface area (Å²) in [5.74, 6) is 0. The fourth-order valence-electron chi connectivity index (χ4n) is 2.92. The van der Waals surface area contributed by atoms with E-state index in [1.807, 2.05) is 17.9 Å². The first-order valence-electron chi connectivity index (χ1n) is 7.19. The van der Waals surface area contributed by atoms with Crippen molar-refractivity contribution in [3.05, 3.63) is 51.8 Å². The third-order valence-electron chi connectivity index (χ3n) is 4.00. The van der Waals surface area contributed by atoms with Gasteiger partial charge in [-0.2, -0.15) is 5.10 Å². The number of aryl methyl sites for hydroxylation is 2. The summed E-state index contributed by atoms with van der Waals surface area (Å²) < 4.78 is 3.06. The maximum Gasteiger partial charge on any atom is 0.0522 e. The molecule has 1 aromatic carbocycles. The van der Waals surface area contributed by atoms with E-state index in [1.54, 1.807) is 0 Å². The molecule has 1 aliphatic carbocycles. The second-order valence-corrected chi connectivity index (χ2v) is 6.49. The molecule has 0 bridgehead atoms. The Hall–Kier alpha value is -1.13. The smallest absolute Gasteiger partial charge is 0.0522 e. The van der Waals surface area contributed by atoms with Gasteiger partial charge in [0.1, 0.15) is 0 Å². The Morgan fingerprint density at radius 2 is 2.30 bits per heavy atom. The van der Waals surface area contributed by atoms with Gasteiger partial charge in [-0.05, 0) is 61.1 Å². The van der Waals surface area contributed by atoms with E-state index >= 15 is 0 Å². The molecule has 1 unspecified atom stereocenters. The van der Waals surface area contributed by atoms with E-state index < -0.39 is 0 Å². The Balaban J connectivity index is 1.51. The number of aromatic nitrogens is 2. The van der Waals surface area contributed by atoms with Crippen molar-refractivity contribution in [3.63, 3.8) is 0 Å². The van der Waals surface area contributed by atoms with Crippen molar-refractivity contribution in [2.45, 2.75) is 31.7 Å². The molecule has 1 heterocycles. The van der Waals surface area contributed by atoms with Crippen LogP contribution in [0.3, 0.4) is 0 Å². The zero-order valence-corrected chi connectivity index (χ0v) is 13.4. The average molecular weight is 334 g/mol. The van der Waals surface area contributed by atoms with Crippen LogP contribution in [0.2, 0.25) is 0 Å². The molecule has 0 saturated heterocycles. The first-order chi connectivity index (χ1) is 9.70. The van der Waals surface area contributed by atoms with Crippen LogP contribution in [-0.4, -0.2) is 22.4 Å². The van der Waals surface area contributed by atoms with Crippen molar-refractivity contribution >= 4 is 15.9 Å². The minimum Gasteiger partial charge on any atom is -0.313 e. The molecule has 1 N–H and O–H groups in total. The van der Waals surface area contributed by atoms with E-state index in [9.17, 15) is 0 Å². The van der Waals surface area contributed by atoms with Crippen molar-refractivity contribution in [1.82, 2.24) is 15.1 Å².